The Morgan fingerprint density at radius 1 is 1.18 bits per heavy atom. The topological polar surface area (TPSA) is 33.2 Å². The predicted octanol–water partition coefficient (Wildman–Crippen LogP) is 2.50. The summed E-state index contributed by atoms with van der Waals surface area (Å²) in [5.74, 6) is -0.551. The third kappa shape index (κ3) is 2.47. The van der Waals surface area contributed by atoms with Crippen LogP contribution < -0.4 is 4.90 Å². The molecule has 2 rings (SSSR count). The van der Waals surface area contributed by atoms with Gasteiger partial charge >= 0.3 is 0 Å². The molecule has 0 aliphatic carbocycles. The van der Waals surface area contributed by atoms with Gasteiger partial charge in [-0.3, -0.25) is 9.78 Å². The Hall–Kier alpha value is -2.23. The smallest absolute Gasteiger partial charge is 0.276 e. The van der Waals surface area contributed by atoms with Gasteiger partial charge in [0.2, 0.25) is 0 Å². The summed E-state index contributed by atoms with van der Waals surface area (Å²) in [6, 6.07) is 10.9. The monoisotopic (exact) mass is 230 g/mol. The number of carbonyl (C=O) groups is 1. The first-order chi connectivity index (χ1) is 8.18. The summed E-state index contributed by atoms with van der Waals surface area (Å²) in [5, 5.41) is 0. The molecule has 17 heavy (non-hydrogen) atoms. The number of aromatic nitrogens is 1. The molecule has 0 atom stereocenters. The molecule has 3 nitrogen and oxygen atoms in total. The molecule has 1 heterocycles. The number of hydrogen-bond donors (Lipinski definition) is 0. The fraction of sp³-hybridized carbons (Fsp3) is 0.0769. The Bertz CT molecular complexity index is 511. The van der Waals surface area contributed by atoms with E-state index in [-0.39, 0.29) is 11.7 Å². The standard InChI is InChI=1S/C13H11FN2O/c1-16(11-7-5-10(14)6-8-11)13(17)12-4-2-3-9-15-12/h2-9H,1H3. The van der Waals surface area contributed by atoms with Gasteiger partial charge in [0.1, 0.15) is 11.5 Å². The summed E-state index contributed by atoms with van der Waals surface area (Å²) < 4.78 is 12.8. The Morgan fingerprint density at radius 3 is 2.47 bits per heavy atom. The van der Waals surface area contributed by atoms with Crippen molar-refractivity contribution in [1.82, 2.24) is 4.98 Å². The number of pyridine rings is 1. The minimum atomic E-state index is -0.326. The molecule has 2 aromatic rings. The van der Waals surface area contributed by atoms with E-state index in [1.807, 2.05) is 0 Å². The summed E-state index contributed by atoms with van der Waals surface area (Å²) in [6.07, 6.45) is 1.56. The maximum absolute atomic E-state index is 12.8. The van der Waals surface area contributed by atoms with E-state index in [2.05, 4.69) is 4.98 Å². The van der Waals surface area contributed by atoms with Crippen LogP contribution in [0, 0.1) is 5.82 Å². The molecule has 0 aliphatic rings. The van der Waals surface area contributed by atoms with Crippen molar-refractivity contribution in [3.05, 3.63) is 60.2 Å². The van der Waals surface area contributed by atoms with E-state index >= 15 is 0 Å². The lowest BCUT2D eigenvalue weighted by atomic mass is 10.2. The van der Waals surface area contributed by atoms with Gasteiger partial charge in [-0.1, -0.05) is 6.07 Å². The predicted molar refractivity (Wildman–Crippen MR) is 63.4 cm³/mol. The molecule has 0 saturated carbocycles. The minimum absolute atomic E-state index is 0.225. The van der Waals surface area contributed by atoms with E-state index in [0.717, 1.165) is 0 Å². The van der Waals surface area contributed by atoms with Crippen molar-refractivity contribution in [3.8, 4) is 0 Å². The van der Waals surface area contributed by atoms with Gasteiger partial charge < -0.3 is 4.90 Å². The Kier molecular flexibility index (Phi) is 3.14. The summed E-state index contributed by atoms with van der Waals surface area (Å²) in [5.41, 5.74) is 0.987. The second-order valence-corrected chi connectivity index (χ2v) is 3.56. The molecule has 0 saturated heterocycles. The molecule has 0 aliphatic heterocycles. The Morgan fingerprint density at radius 2 is 1.88 bits per heavy atom. The maximum atomic E-state index is 12.8. The quantitative estimate of drug-likeness (QED) is 0.794. The molecule has 4 heteroatoms. The Balaban J connectivity index is 2.23. The van der Waals surface area contributed by atoms with Crippen molar-refractivity contribution in [3.63, 3.8) is 0 Å². The van der Waals surface area contributed by atoms with Crippen LogP contribution in [0.5, 0.6) is 0 Å². The zero-order valence-corrected chi connectivity index (χ0v) is 9.30. The number of rotatable bonds is 2. The number of nitrogens with zero attached hydrogens (tertiary/aromatic N) is 2. The SMILES string of the molecule is CN(C(=O)c1ccccn1)c1ccc(F)cc1. The van der Waals surface area contributed by atoms with Crippen LogP contribution in [-0.4, -0.2) is 17.9 Å². The first-order valence-corrected chi connectivity index (χ1v) is 5.13. The Labute approximate surface area is 98.5 Å². The van der Waals surface area contributed by atoms with Gasteiger partial charge in [0.25, 0.3) is 5.91 Å². The number of halogens is 1. The normalized spacial score (nSPS) is 10.0. The van der Waals surface area contributed by atoms with Crippen molar-refractivity contribution in [2.24, 2.45) is 0 Å². The van der Waals surface area contributed by atoms with Gasteiger partial charge in [-0.05, 0) is 36.4 Å². The van der Waals surface area contributed by atoms with Crippen LogP contribution in [0.4, 0.5) is 10.1 Å². The minimum Gasteiger partial charge on any atom is -0.310 e. The highest BCUT2D eigenvalue weighted by Crippen LogP contribution is 2.15. The van der Waals surface area contributed by atoms with E-state index in [4.69, 9.17) is 0 Å². The lowest BCUT2D eigenvalue weighted by molar-refractivity contribution is 0.0988. The van der Waals surface area contributed by atoms with Gasteiger partial charge in [-0.15, -0.1) is 0 Å². The molecule has 0 N–H and O–H groups in total. The second-order valence-electron chi connectivity index (χ2n) is 3.56. The van der Waals surface area contributed by atoms with Crippen LogP contribution in [0.3, 0.4) is 0 Å². The lowest BCUT2D eigenvalue weighted by Gasteiger charge is -2.16. The van der Waals surface area contributed by atoms with Crippen molar-refractivity contribution in [2.45, 2.75) is 0 Å². The van der Waals surface area contributed by atoms with Gasteiger partial charge in [-0.25, -0.2) is 4.39 Å². The largest absolute Gasteiger partial charge is 0.310 e. The highest BCUT2D eigenvalue weighted by atomic mass is 19.1. The molecule has 0 bridgehead atoms. The fourth-order valence-corrected chi connectivity index (χ4v) is 1.44. The van der Waals surface area contributed by atoms with Crippen LogP contribution >= 0.6 is 0 Å². The van der Waals surface area contributed by atoms with Gasteiger partial charge in [0, 0.05) is 18.9 Å². The average molecular weight is 230 g/mol. The summed E-state index contributed by atoms with van der Waals surface area (Å²) in [4.78, 5) is 17.4. The van der Waals surface area contributed by atoms with Gasteiger partial charge in [0.15, 0.2) is 0 Å². The number of anilines is 1. The maximum Gasteiger partial charge on any atom is 0.276 e. The molecule has 1 aromatic heterocycles. The molecular formula is C13H11FN2O. The third-order valence-electron chi connectivity index (χ3n) is 2.40. The molecule has 1 aromatic carbocycles. The summed E-state index contributed by atoms with van der Waals surface area (Å²) in [7, 11) is 1.63. The van der Waals surface area contributed by atoms with E-state index in [1.54, 1.807) is 43.6 Å². The lowest BCUT2D eigenvalue weighted by Crippen LogP contribution is -2.26. The molecule has 0 spiro atoms. The fourth-order valence-electron chi connectivity index (χ4n) is 1.44. The van der Waals surface area contributed by atoms with Crippen molar-refractivity contribution in [1.29, 1.82) is 0 Å². The van der Waals surface area contributed by atoms with Crippen molar-refractivity contribution < 1.29 is 9.18 Å². The highest BCUT2D eigenvalue weighted by molar-refractivity contribution is 6.04. The average Bonchev–Trinajstić information content (AvgIpc) is 2.39. The molecular weight excluding hydrogens is 219 g/mol. The van der Waals surface area contributed by atoms with E-state index in [1.165, 1.54) is 17.0 Å². The number of amides is 1. The number of carbonyl (C=O) groups excluding carboxylic acids is 1. The summed E-state index contributed by atoms with van der Waals surface area (Å²) >= 11 is 0. The molecule has 86 valence electrons. The van der Waals surface area contributed by atoms with Crippen LogP contribution in [-0.2, 0) is 0 Å². The third-order valence-corrected chi connectivity index (χ3v) is 2.40. The van der Waals surface area contributed by atoms with E-state index < -0.39 is 0 Å². The van der Waals surface area contributed by atoms with E-state index in [9.17, 15) is 9.18 Å². The molecule has 0 radical (unpaired) electrons. The first-order valence-electron chi connectivity index (χ1n) is 5.13. The van der Waals surface area contributed by atoms with Gasteiger partial charge in [-0.2, -0.15) is 0 Å². The van der Waals surface area contributed by atoms with E-state index in [0.29, 0.717) is 11.4 Å². The van der Waals surface area contributed by atoms with Crippen molar-refractivity contribution >= 4 is 11.6 Å². The van der Waals surface area contributed by atoms with Crippen LogP contribution in [0.25, 0.3) is 0 Å². The highest BCUT2D eigenvalue weighted by Gasteiger charge is 2.13. The summed E-state index contributed by atoms with van der Waals surface area (Å²) in [6.45, 7) is 0. The molecule has 0 unspecified atom stereocenters. The zero-order valence-electron chi connectivity index (χ0n) is 9.30. The zero-order chi connectivity index (χ0) is 12.3. The van der Waals surface area contributed by atoms with Crippen LogP contribution in [0.15, 0.2) is 48.7 Å². The molecule has 1 amide bonds. The van der Waals surface area contributed by atoms with Crippen molar-refractivity contribution in [2.75, 3.05) is 11.9 Å². The molecule has 0 fully saturated rings. The number of hydrogen-bond acceptors (Lipinski definition) is 2. The first kappa shape index (κ1) is 11.3. The van der Waals surface area contributed by atoms with Crippen LogP contribution in [0.1, 0.15) is 10.5 Å². The number of benzene rings is 1. The van der Waals surface area contributed by atoms with Gasteiger partial charge in [0.05, 0.1) is 0 Å². The second kappa shape index (κ2) is 4.74. The van der Waals surface area contributed by atoms with Crippen LogP contribution in [0.2, 0.25) is 0 Å².